The molecule has 0 bridgehead atoms. The first kappa shape index (κ1) is 9.03. The molecule has 2 heterocycles. The van der Waals surface area contributed by atoms with Crippen LogP contribution >= 0.6 is 0 Å². The number of hydrogen-bond acceptors (Lipinski definition) is 3. The Hall–Kier alpha value is -2.23. The van der Waals surface area contributed by atoms with Gasteiger partial charge < -0.3 is 4.42 Å². The Bertz CT molecular complexity index is 548. The highest BCUT2D eigenvalue weighted by Gasteiger charge is 2.27. The van der Waals surface area contributed by atoms with Crippen molar-refractivity contribution >= 4 is 17.5 Å². The highest BCUT2D eigenvalue weighted by molar-refractivity contribution is 6.23. The number of furan rings is 1. The van der Waals surface area contributed by atoms with E-state index >= 15 is 0 Å². The van der Waals surface area contributed by atoms with Gasteiger partial charge in [-0.1, -0.05) is 18.2 Å². The molecule has 0 aromatic carbocycles. The van der Waals surface area contributed by atoms with Gasteiger partial charge in [-0.25, -0.2) is 4.99 Å². The van der Waals surface area contributed by atoms with Crippen LogP contribution in [0.25, 0.3) is 0 Å². The van der Waals surface area contributed by atoms with Crippen LogP contribution in [0.3, 0.4) is 0 Å². The topological polar surface area (TPSA) is 54.9 Å². The van der Waals surface area contributed by atoms with Crippen LogP contribution in [-0.4, -0.2) is 17.5 Å². The fourth-order valence-corrected chi connectivity index (χ4v) is 1.68. The van der Waals surface area contributed by atoms with E-state index in [1.807, 2.05) is 18.2 Å². The molecule has 0 N–H and O–H groups in total. The van der Waals surface area contributed by atoms with Gasteiger partial charge in [0, 0.05) is 0 Å². The van der Waals surface area contributed by atoms with Crippen LogP contribution < -0.4 is 0 Å². The Balaban J connectivity index is 2.05. The number of carbonyl (C=O) groups excluding carboxylic acids is 1. The van der Waals surface area contributed by atoms with Gasteiger partial charge in [0.05, 0.1) is 12.0 Å². The van der Waals surface area contributed by atoms with Crippen molar-refractivity contribution in [3.8, 4) is 0 Å². The number of allylic oxidation sites excluding steroid dienone is 3. The third-order valence-electron chi connectivity index (χ3n) is 2.46. The van der Waals surface area contributed by atoms with Gasteiger partial charge in [0.15, 0.2) is 11.6 Å². The molecule has 0 fully saturated rings. The number of carbonyl (C=O) groups is 1. The maximum atomic E-state index is 11.7. The van der Waals surface area contributed by atoms with Crippen LogP contribution in [0.1, 0.15) is 5.76 Å². The van der Waals surface area contributed by atoms with Crippen LogP contribution in [0.2, 0.25) is 0 Å². The molecular weight excluding hydrogens is 204 g/mol. The van der Waals surface area contributed by atoms with E-state index in [4.69, 9.17) is 4.42 Å². The van der Waals surface area contributed by atoms with Crippen molar-refractivity contribution in [2.24, 2.45) is 15.9 Å². The quantitative estimate of drug-likeness (QED) is 0.712. The van der Waals surface area contributed by atoms with Crippen molar-refractivity contribution in [3.63, 3.8) is 0 Å². The van der Waals surface area contributed by atoms with Crippen LogP contribution in [0.4, 0.5) is 0 Å². The molecule has 3 rings (SSSR count). The highest BCUT2D eigenvalue weighted by atomic mass is 16.3. The molecule has 2 aliphatic rings. The van der Waals surface area contributed by atoms with Crippen molar-refractivity contribution in [2.75, 3.05) is 0 Å². The molecule has 4 heteroatoms. The average Bonchev–Trinajstić information content (AvgIpc) is 2.82. The van der Waals surface area contributed by atoms with Gasteiger partial charge >= 0.3 is 0 Å². The average molecular weight is 212 g/mol. The van der Waals surface area contributed by atoms with Gasteiger partial charge in [0.25, 0.3) is 5.91 Å². The van der Waals surface area contributed by atoms with Gasteiger partial charge in [-0.05, 0) is 18.2 Å². The highest BCUT2D eigenvalue weighted by Crippen LogP contribution is 2.18. The Morgan fingerprint density at radius 2 is 2.19 bits per heavy atom. The molecule has 16 heavy (non-hydrogen) atoms. The van der Waals surface area contributed by atoms with E-state index < -0.39 is 0 Å². The number of fused-ring (bicyclic) bond motifs is 1. The van der Waals surface area contributed by atoms with Crippen molar-refractivity contribution in [1.29, 1.82) is 0 Å². The molecule has 4 nitrogen and oxygen atoms in total. The molecule has 1 amide bonds. The monoisotopic (exact) mass is 212 g/mol. The number of hydrogen-bond donors (Lipinski definition) is 0. The van der Waals surface area contributed by atoms with E-state index in [9.17, 15) is 4.79 Å². The molecule has 1 aromatic rings. The summed E-state index contributed by atoms with van der Waals surface area (Å²) in [7, 11) is 0. The van der Waals surface area contributed by atoms with E-state index in [2.05, 4.69) is 9.98 Å². The predicted octanol–water partition coefficient (Wildman–Crippen LogP) is 1.75. The van der Waals surface area contributed by atoms with E-state index in [1.165, 1.54) is 6.26 Å². The lowest BCUT2D eigenvalue weighted by Crippen LogP contribution is -2.27. The second-order valence-corrected chi connectivity index (χ2v) is 3.51. The van der Waals surface area contributed by atoms with Gasteiger partial charge in [-0.15, -0.1) is 0 Å². The summed E-state index contributed by atoms with van der Waals surface area (Å²) in [6.45, 7) is 0. The molecule has 0 saturated heterocycles. The fraction of sp³-hybridized carbons (Fsp3) is 0.0833. The van der Waals surface area contributed by atoms with Crippen LogP contribution in [0.5, 0.6) is 0 Å². The van der Waals surface area contributed by atoms with E-state index in [0.717, 1.165) is 0 Å². The molecular formula is C12H8N2O2. The third-order valence-corrected chi connectivity index (χ3v) is 2.46. The molecule has 0 spiro atoms. The Kier molecular flexibility index (Phi) is 1.93. The summed E-state index contributed by atoms with van der Waals surface area (Å²) in [4.78, 5) is 20.0. The third kappa shape index (κ3) is 1.35. The summed E-state index contributed by atoms with van der Waals surface area (Å²) < 4.78 is 5.17. The van der Waals surface area contributed by atoms with Gasteiger partial charge in [-0.2, -0.15) is 4.99 Å². The summed E-state index contributed by atoms with van der Waals surface area (Å²) in [5.74, 6) is 0.337. The van der Waals surface area contributed by atoms with Gasteiger partial charge in [0.2, 0.25) is 0 Å². The summed E-state index contributed by atoms with van der Waals surface area (Å²) in [6, 6.07) is 3.48. The first-order chi connectivity index (χ1) is 7.84. The molecule has 1 aromatic heterocycles. The van der Waals surface area contributed by atoms with Crippen molar-refractivity contribution in [3.05, 3.63) is 48.5 Å². The molecule has 78 valence electrons. The smallest absolute Gasteiger partial charge is 0.260 e. The number of rotatable bonds is 1. The minimum Gasteiger partial charge on any atom is -0.461 e. The molecule has 0 saturated carbocycles. The lowest BCUT2D eigenvalue weighted by Gasteiger charge is -2.16. The zero-order valence-electron chi connectivity index (χ0n) is 8.33. The summed E-state index contributed by atoms with van der Waals surface area (Å²) >= 11 is 0. The summed E-state index contributed by atoms with van der Waals surface area (Å²) in [5, 5.41) is 0. The Morgan fingerprint density at radius 1 is 1.25 bits per heavy atom. The zero-order valence-corrected chi connectivity index (χ0v) is 8.33. The van der Waals surface area contributed by atoms with Gasteiger partial charge in [0.1, 0.15) is 5.92 Å². The summed E-state index contributed by atoms with van der Waals surface area (Å²) in [6.07, 6.45) is 8.83. The molecule has 1 aliphatic carbocycles. The number of nitrogens with zero attached hydrogens (tertiary/aromatic N) is 2. The van der Waals surface area contributed by atoms with E-state index in [0.29, 0.717) is 17.3 Å². The second kappa shape index (κ2) is 3.41. The first-order valence-electron chi connectivity index (χ1n) is 4.94. The Morgan fingerprint density at radius 3 is 3.00 bits per heavy atom. The lowest BCUT2D eigenvalue weighted by molar-refractivity contribution is -0.118. The summed E-state index contributed by atoms with van der Waals surface area (Å²) in [5.41, 5.74) is 0.717. The zero-order chi connectivity index (χ0) is 11.0. The van der Waals surface area contributed by atoms with Crippen molar-refractivity contribution in [2.45, 2.75) is 0 Å². The lowest BCUT2D eigenvalue weighted by atomic mass is 9.96. The first-order valence-corrected chi connectivity index (χ1v) is 4.94. The number of aliphatic imine (C=N–C) groups is 2. The van der Waals surface area contributed by atoms with Crippen molar-refractivity contribution in [1.82, 2.24) is 0 Å². The van der Waals surface area contributed by atoms with E-state index in [1.54, 1.807) is 18.2 Å². The maximum Gasteiger partial charge on any atom is 0.260 e. The SMILES string of the molecule is O=C1N=C(c2ccco2)N=C2C=CC=CC12. The van der Waals surface area contributed by atoms with Crippen molar-refractivity contribution < 1.29 is 9.21 Å². The number of amides is 1. The Labute approximate surface area is 91.7 Å². The molecule has 0 radical (unpaired) electrons. The molecule has 1 aliphatic heterocycles. The molecule has 1 atom stereocenters. The fourth-order valence-electron chi connectivity index (χ4n) is 1.68. The minimum absolute atomic E-state index is 0.197. The van der Waals surface area contributed by atoms with Crippen LogP contribution in [0, 0.1) is 5.92 Å². The van der Waals surface area contributed by atoms with Gasteiger partial charge in [-0.3, -0.25) is 4.79 Å². The second-order valence-electron chi connectivity index (χ2n) is 3.51. The molecule has 1 unspecified atom stereocenters. The van der Waals surface area contributed by atoms with E-state index in [-0.39, 0.29) is 11.8 Å². The largest absolute Gasteiger partial charge is 0.461 e. The standard InChI is InChI=1S/C12H8N2O2/c15-12-8-4-1-2-5-9(8)13-11(14-12)10-6-3-7-16-10/h1-8H. The number of amidine groups is 1. The minimum atomic E-state index is -0.330. The van der Waals surface area contributed by atoms with Crippen LogP contribution in [0.15, 0.2) is 57.1 Å². The maximum absolute atomic E-state index is 11.7. The predicted molar refractivity (Wildman–Crippen MR) is 59.5 cm³/mol. The normalized spacial score (nSPS) is 22.8. The van der Waals surface area contributed by atoms with Crippen LogP contribution in [-0.2, 0) is 4.79 Å².